The second-order valence-electron chi connectivity index (χ2n) is 5.93. The molecule has 2 heterocycles. The second-order valence-corrected chi connectivity index (χ2v) is 8.79. The molecule has 0 spiro atoms. The fraction of sp³-hybridized carbons (Fsp3) is 0.222. The van der Waals surface area contributed by atoms with Crippen LogP contribution in [0, 0.1) is 13.8 Å². The summed E-state index contributed by atoms with van der Waals surface area (Å²) >= 11 is 1.08. The SMILES string of the molecule is COc1cccc(N(C)S(=O)(=O)c2ccsc2C(=O)n2nc(C)cc2C)c1. The first kappa shape index (κ1) is 19.1. The van der Waals surface area contributed by atoms with Gasteiger partial charge in [0.25, 0.3) is 15.9 Å². The zero-order valence-corrected chi connectivity index (χ0v) is 17.0. The molecule has 0 saturated carbocycles. The predicted molar refractivity (Wildman–Crippen MR) is 104 cm³/mol. The number of hydrogen-bond donors (Lipinski definition) is 0. The van der Waals surface area contributed by atoms with Crippen LogP contribution in [-0.2, 0) is 10.0 Å². The number of methoxy groups -OCH3 is 1. The van der Waals surface area contributed by atoms with E-state index in [4.69, 9.17) is 4.74 Å². The number of carbonyl (C=O) groups is 1. The van der Waals surface area contributed by atoms with Crippen molar-refractivity contribution in [2.45, 2.75) is 18.7 Å². The Morgan fingerprint density at radius 3 is 2.59 bits per heavy atom. The number of ether oxygens (including phenoxy) is 1. The van der Waals surface area contributed by atoms with Crippen LogP contribution in [-0.4, -0.2) is 38.3 Å². The van der Waals surface area contributed by atoms with Gasteiger partial charge in [-0.25, -0.2) is 13.1 Å². The molecule has 0 saturated heterocycles. The van der Waals surface area contributed by atoms with Crippen molar-refractivity contribution in [2.24, 2.45) is 0 Å². The number of anilines is 1. The van der Waals surface area contributed by atoms with Gasteiger partial charge in [0, 0.05) is 18.8 Å². The average Bonchev–Trinajstić information content (AvgIpc) is 3.27. The third-order valence-corrected chi connectivity index (χ3v) is 6.94. The minimum absolute atomic E-state index is 0.0460. The van der Waals surface area contributed by atoms with Crippen LogP contribution < -0.4 is 9.04 Å². The molecule has 27 heavy (non-hydrogen) atoms. The molecule has 9 heteroatoms. The van der Waals surface area contributed by atoms with Crippen molar-refractivity contribution in [1.82, 2.24) is 9.78 Å². The van der Waals surface area contributed by atoms with Gasteiger partial charge in [-0.15, -0.1) is 11.3 Å². The Kier molecular flexibility index (Phi) is 5.07. The van der Waals surface area contributed by atoms with Gasteiger partial charge in [0.05, 0.1) is 18.5 Å². The Morgan fingerprint density at radius 1 is 1.22 bits per heavy atom. The summed E-state index contributed by atoms with van der Waals surface area (Å²) in [6.45, 7) is 3.53. The van der Waals surface area contributed by atoms with Crippen LogP contribution in [0.25, 0.3) is 0 Å². The van der Waals surface area contributed by atoms with Crippen LogP contribution in [0.2, 0.25) is 0 Å². The summed E-state index contributed by atoms with van der Waals surface area (Å²) in [4.78, 5) is 13.0. The number of rotatable bonds is 5. The van der Waals surface area contributed by atoms with E-state index < -0.39 is 15.9 Å². The quantitative estimate of drug-likeness (QED) is 0.652. The summed E-state index contributed by atoms with van der Waals surface area (Å²) in [6.07, 6.45) is 0. The lowest BCUT2D eigenvalue weighted by molar-refractivity contribution is 0.0943. The van der Waals surface area contributed by atoms with E-state index in [2.05, 4.69) is 5.10 Å². The fourth-order valence-corrected chi connectivity index (χ4v) is 5.19. The molecule has 0 fully saturated rings. The first-order valence-electron chi connectivity index (χ1n) is 8.04. The van der Waals surface area contributed by atoms with E-state index in [9.17, 15) is 13.2 Å². The lowest BCUT2D eigenvalue weighted by Gasteiger charge is -2.20. The van der Waals surface area contributed by atoms with E-state index >= 15 is 0 Å². The normalized spacial score (nSPS) is 11.4. The van der Waals surface area contributed by atoms with E-state index in [-0.39, 0.29) is 9.77 Å². The van der Waals surface area contributed by atoms with Gasteiger partial charge >= 0.3 is 0 Å². The van der Waals surface area contributed by atoms with Gasteiger partial charge in [-0.05, 0) is 43.5 Å². The van der Waals surface area contributed by atoms with Crippen LogP contribution in [0.5, 0.6) is 5.75 Å². The molecule has 0 aliphatic rings. The molecule has 142 valence electrons. The average molecular weight is 406 g/mol. The minimum atomic E-state index is -3.94. The molecule has 0 radical (unpaired) electrons. The summed E-state index contributed by atoms with van der Waals surface area (Å²) in [5, 5.41) is 5.75. The maximum atomic E-state index is 13.1. The monoisotopic (exact) mass is 405 g/mol. The molecule has 0 unspecified atom stereocenters. The van der Waals surface area contributed by atoms with Gasteiger partial charge in [-0.3, -0.25) is 9.10 Å². The van der Waals surface area contributed by atoms with E-state index in [1.807, 2.05) is 0 Å². The Bertz CT molecular complexity index is 1100. The smallest absolute Gasteiger partial charge is 0.289 e. The fourth-order valence-electron chi connectivity index (χ4n) is 2.68. The number of aromatic nitrogens is 2. The maximum absolute atomic E-state index is 13.1. The van der Waals surface area contributed by atoms with Crippen molar-refractivity contribution in [3.05, 3.63) is 58.0 Å². The van der Waals surface area contributed by atoms with Crippen LogP contribution in [0.3, 0.4) is 0 Å². The Morgan fingerprint density at radius 2 is 1.96 bits per heavy atom. The van der Waals surface area contributed by atoms with Crippen LogP contribution >= 0.6 is 11.3 Å². The highest BCUT2D eigenvalue weighted by Gasteiger charge is 2.30. The first-order valence-corrected chi connectivity index (χ1v) is 10.4. The second kappa shape index (κ2) is 7.16. The standard InChI is InChI=1S/C18H19N3O4S2/c1-12-10-13(2)21(19-12)18(22)17-16(8-9-26-17)27(23,24)20(3)14-6-5-7-15(11-14)25-4/h5-11H,1-4H3. The van der Waals surface area contributed by atoms with E-state index in [0.717, 1.165) is 15.6 Å². The number of aryl methyl sites for hydroxylation is 2. The Hall–Kier alpha value is -2.65. The topological polar surface area (TPSA) is 81.5 Å². The number of hydrogen-bond acceptors (Lipinski definition) is 6. The summed E-state index contributed by atoms with van der Waals surface area (Å²) in [7, 11) is -0.982. The molecule has 0 aliphatic heterocycles. The highest BCUT2D eigenvalue weighted by Crippen LogP contribution is 2.30. The predicted octanol–water partition coefficient (Wildman–Crippen LogP) is 3.08. The molecule has 0 N–H and O–H groups in total. The van der Waals surface area contributed by atoms with E-state index in [1.54, 1.807) is 49.6 Å². The molecule has 0 amide bonds. The summed E-state index contributed by atoms with van der Waals surface area (Å²) in [5.41, 5.74) is 1.77. The highest BCUT2D eigenvalue weighted by molar-refractivity contribution is 7.93. The minimum Gasteiger partial charge on any atom is -0.497 e. The summed E-state index contributed by atoms with van der Waals surface area (Å²) < 4.78 is 33.8. The largest absolute Gasteiger partial charge is 0.497 e. The van der Waals surface area contributed by atoms with Crippen LogP contribution in [0.15, 0.2) is 46.7 Å². The van der Waals surface area contributed by atoms with Crippen molar-refractivity contribution in [3.8, 4) is 5.75 Å². The molecular formula is C18H19N3O4S2. The van der Waals surface area contributed by atoms with Crippen molar-refractivity contribution in [2.75, 3.05) is 18.5 Å². The maximum Gasteiger partial charge on any atom is 0.289 e. The first-order chi connectivity index (χ1) is 12.8. The number of carbonyl (C=O) groups excluding carboxylic acids is 1. The van der Waals surface area contributed by atoms with Crippen molar-refractivity contribution < 1.29 is 17.9 Å². The molecule has 0 aliphatic carbocycles. The lowest BCUT2D eigenvalue weighted by Crippen LogP contribution is -2.28. The number of thiophene rings is 1. The van der Waals surface area contributed by atoms with Crippen LogP contribution in [0.1, 0.15) is 21.1 Å². The molecule has 2 aromatic heterocycles. The molecule has 0 bridgehead atoms. The van der Waals surface area contributed by atoms with Crippen molar-refractivity contribution >= 4 is 33.0 Å². The Labute approximate surface area is 161 Å². The van der Waals surface area contributed by atoms with Crippen molar-refractivity contribution in [1.29, 1.82) is 0 Å². The molecule has 3 aromatic rings. The van der Waals surface area contributed by atoms with Gasteiger partial charge in [0.1, 0.15) is 15.5 Å². The molecule has 3 rings (SSSR count). The molecule has 0 atom stereocenters. The number of benzene rings is 1. The highest BCUT2D eigenvalue weighted by atomic mass is 32.2. The third-order valence-electron chi connectivity index (χ3n) is 4.08. The third kappa shape index (κ3) is 3.47. The summed E-state index contributed by atoms with van der Waals surface area (Å²) in [6, 6.07) is 9.92. The number of sulfonamides is 1. The molecule has 1 aromatic carbocycles. The van der Waals surface area contributed by atoms with E-state index in [0.29, 0.717) is 22.8 Å². The number of nitrogens with zero attached hydrogens (tertiary/aromatic N) is 3. The molecule has 7 nitrogen and oxygen atoms in total. The van der Waals surface area contributed by atoms with Crippen molar-refractivity contribution in [3.63, 3.8) is 0 Å². The zero-order chi connectivity index (χ0) is 19.8. The lowest BCUT2D eigenvalue weighted by atomic mass is 10.3. The van der Waals surface area contributed by atoms with Gasteiger partial charge in [-0.1, -0.05) is 6.07 Å². The molecular weight excluding hydrogens is 386 g/mol. The zero-order valence-electron chi connectivity index (χ0n) is 15.3. The van der Waals surface area contributed by atoms with E-state index in [1.165, 1.54) is 24.9 Å². The van der Waals surface area contributed by atoms with Gasteiger partial charge in [-0.2, -0.15) is 5.10 Å². The van der Waals surface area contributed by atoms with Crippen LogP contribution in [0.4, 0.5) is 5.69 Å². The van der Waals surface area contributed by atoms with Gasteiger partial charge in [0.2, 0.25) is 0 Å². The van der Waals surface area contributed by atoms with Gasteiger partial charge in [0.15, 0.2) is 0 Å². The Balaban J connectivity index is 2.02. The summed E-state index contributed by atoms with van der Waals surface area (Å²) in [5.74, 6) is 0.0760. The van der Waals surface area contributed by atoms with Gasteiger partial charge < -0.3 is 4.74 Å².